The Labute approximate surface area is 105 Å². The van der Waals surface area contributed by atoms with Gasteiger partial charge in [-0.1, -0.05) is 0 Å². The number of sulfonamides is 1. The minimum atomic E-state index is -3.83. The quantitative estimate of drug-likeness (QED) is 0.907. The van der Waals surface area contributed by atoms with E-state index >= 15 is 0 Å². The zero-order valence-electron chi connectivity index (χ0n) is 9.86. The Balaban J connectivity index is 2.30. The highest BCUT2D eigenvalue weighted by molar-refractivity contribution is 7.89. The van der Waals surface area contributed by atoms with E-state index < -0.39 is 23.0 Å². The number of nitrogens with one attached hydrogen (secondary N) is 1. The summed E-state index contributed by atoms with van der Waals surface area (Å²) in [6, 6.07) is 4.66. The number of fused-ring (bicyclic) bond motifs is 1. The van der Waals surface area contributed by atoms with E-state index in [9.17, 15) is 17.2 Å². The molecule has 100 valence electrons. The number of rotatable bonds is 4. The summed E-state index contributed by atoms with van der Waals surface area (Å²) in [4.78, 5) is 0.0631. The van der Waals surface area contributed by atoms with Crippen LogP contribution in [0.5, 0.6) is 0 Å². The lowest BCUT2D eigenvalue weighted by molar-refractivity contribution is 0.126. The van der Waals surface area contributed by atoms with Crippen LogP contribution < -0.4 is 5.32 Å². The molecule has 0 saturated heterocycles. The standard InChI is InChI=1S/C11H14F2N2O2S/c1-15(7-11(12)13)18(16,17)9-2-3-10-8(6-9)4-5-14-10/h2-3,6,11,14H,4-5,7H2,1H3. The van der Waals surface area contributed by atoms with Crippen LogP contribution in [-0.2, 0) is 16.4 Å². The molecule has 2 rings (SSSR count). The van der Waals surface area contributed by atoms with Crippen molar-refractivity contribution in [1.82, 2.24) is 4.31 Å². The van der Waals surface area contributed by atoms with Gasteiger partial charge in [-0.25, -0.2) is 17.2 Å². The van der Waals surface area contributed by atoms with E-state index in [1.165, 1.54) is 6.07 Å². The van der Waals surface area contributed by atoms with Crippen molar-refractivity contribution in [3.63, 3.8) is 0 Å². The van der Waals surface area contributed by atoms with Gasteiger partial charge in [0.05, 0.1) is 11.4 Å². The number of anilines is 1. The van der Waals surface area contributed by atoms with Gasteiger partial charge in [0, 0.05) is 19.3 Å². The molecule has 1 aromatic rings. The van der Waals surface area contributed by atoms with Crippen molar-refractivity contribution in [3.8, 4) is 0 Å². The Morgan fingerprint density at radius 2 is 2.17 bits per heavy atom. The SMILES string of the molecule is CN(CC(F)F)S(=O)(=O)c1ccc2c(c1)CCN2. The molecule has 1 N–H and O–H groups in total. The van der Waals surface area contributed by atoms with Crippen LogP contribution in [0.4, 0.5) is 14.5 Å². The maximum absolute atomic E-state index is 12.2. The van der Waals surface area contributed by atoms with Gasteiger partial charge in [-0.3, -0.25) is 0 Å². The average Bonchev–Trinajstić information content (AvgIpc) is 2.74. The zero-order chi connectivity index (χ0) is 13.3. The molecule has 0 aromatic heterocycles. The van der Waals surface area contributed by atoms with Crippen molar-refractivity contribution < 1.29 is 17.2 Å². The normalized spacial score (nSPS) is 14.9. The first-order valence-electron chi connectivity index (χ1n) is 5.52. The van der Waals surface area contributed by atoms with E-state index in [4.69, 9.17) is 0 Å². The lowest BCUT2D eigenvalue weighted by Crippen LogP contribution is -2.31. The monoisotopic (exact) mass is 276 g/mol. The van der Waals surface area contributed by atoms with Gasteiger partial charge in [-0.2, -0.15) is 4.31 Å². The van der Waals surface area contributed by atoms with Crippen molar-refractivity contribution in [2.24, 2.45) is 0 Å². The fraction of sp³-hybridized carbons (Fsp3) is 0.455. The molecule has 1 aliphatic rings. The van der Waals surface area contributed by atoms with Gasteiger partial charge in [-0.15, -0.1) is 0 Å². The number of hydrogen-bond donors (Lipinski definition) is 1. The predicted molar refractivity (Wildman–Crippen MR) is 64.5 cm³/mol. The molecule has 0 unspecified atom stereocenters. The molecule has 4 nitrogen and oxygen atoms in total. The van der Waals surface area contributed by atoms with Crippen molar-refractivity contribution in [2.45, 2.75) is 17.7 Å². The van der Waals surface area contributed by atoms with Crippen molar-refractivity contribution in [2.75, 3.05) is 25.5 Å². The maximum atomic E-state index is 12.2. The fourth-order valence-corrected chi connectivity index (χ4v) is 3.11. The maximum Gasteiger partial charge on any atom is 0.252 e. The van der Waals surface area contributed by atoms with Crippen molar-refractivity contribution in [1.29, 1.82) is 0 Å². The first kappa shape index (κ1) is 13.2. The molecule has 1 aromatic carbocycles. The van der Waals surface area contributed by atoms with E-state index in [2.05, 4.69) is 5.32 Å². The fourth-order valence-electron chi connectivity index (χ4n) is 1.91. The molecular weight excluding hydrogens is 262 g/mol. The topological polar surface area (TPSA) is 49.4 Å². The highest BCUT2D eigenvalue weighted by Gasteiger charge is 2.25. The Hall–Kier alpha value is -1.21. The number of hydrogen-bond acceptors (Lipinski definition) is 3. The number of nitrogens with zero attached hydrogens (tertiary/aromatic N) is 1. The highest BCUT2D eigenvalue weighted by Crippen LogP contribution is 2.26. The van der Waals surface area contributed by atoms with Crippen LogP contribution in [0.1, 0.15) is 5.56 Å². The zero-order valence-corrected chi connectivity index (χ0v) is 10.7. The minimum absolute atomic E-state index is 0.0631. The van der Waals surface area contributed by atoms with E-state index in [0.29, 0.717) is 4.31 Å². The largest absolute Gasteiger partial charge is 0.384 e. The Bertz CT molecular complexity index is 546. The van der Waals surface area contributed by atoms with Gasteiger partial charge in [0.25, 0.3) is 6.43 Å². The van der Waals surface area contributed by atoms with Gasteiger partial charge >= 0.3 is 0 Å². The van der Waals surface area contributed by atoms with Crippen LogP contribution in [0, 0.1) is 0 Å². The van der Waals surface area contributed by atoms with Gasteiger partial charge in [0.2, 0.25) is 10.0 Å². The van der Waals surface area contributed by atoms with E-state index in [-0.39, 0.29) is 4.90 Å². The second-order valence-electron chi connectivity index (χ2n) is 4.17. The van der Waals surface area contributed by atoms with Crippen molar-refractivity contribution in [3.05, 3.63) is 23.8 Å². The van der Waals surface area contributed by atoms with E-state index in [1.807, 2.05) is 0 Å². The van der Waals surface area contributed by atoms with Crippen LogP contribution in [0.3, 0.4) is 0 Å². The van der Waals surface area contributed by atoms with E-state index in [0.717, 1.165) is 31.3 Å². The number of halogens is 2. The molecule has 1 heterocycles. The number of alkyl halides is 2. The molecule has 0 spiro atoms. The molecule has 0 radical (unpaired) electrons. The van der Waals surface area contributed by atoms with Gasteiger partial charge < -0.3 is 5.32 Å². The Morgan fingerprint density at radius 1 is 1.44 bits per heavy atom. The van der Waals surface area contributed by atoms with Crippen LogP contribution in [0.15, 0.2) is 23.1 Å². The molecule has 18 heavy (non-hydrogen) atoms. The smallest absolute Gasteiger partial charge is 0.252 e. The third kappa shape index (κ3) is 2.46. The summed E-state index contributed by atoms with van der Waals surface area (Å²) in [5, 5.41) is 3.11. The lowest BCUT2D eigenvalue weighted by Gasteiger charge is -2.17. The second-order valence-corrected chi connectivity index (χ2v) is 6.22. The summed E-state index contributed by atoms with van der Waals surface area (Å²) in [7, 11) is -2.67. The average molecular weight is 276 g/mol. The molecule has 1 aliphatic heterocycles. The summed E-state index contributed by atoms with van der Waals surface area (Å²) in [5.74, 6) is 0. The second kappa shape index (κ2) is 4.81. The lowest BCUT2D eigenvalue weighted by atomic mass is 10.2. The summed E-state index contributed by atoms with van der Waals surface area (Å²) in [5.41, 5.74) is 1.81. The van der Waals surface area contributed by atoms with Gasteiger partial charge in [0.15, 0.2) is 0 Å². The summed E-state index contributed by atoms with van der Waals surface area (Å²) < 4.78 is 49.2. The predicted octanol–water partition coefficient (Wildman–Crippen LogP) is 1.54. The molecule has 0 aliphatic carbocycles. The molecular formula is C11H14F2N2O2S. The third-order valence-corrected chi connectivity index (χ3v) is 4.71. The van der Waals surface area contributed by atoms with Gasteiger partial charge in [-0.05, 0) is 30.2 Å². The molecule has 0 fully saturated rings. The third-order valence-electron chi connectivity index (χ3n) is 2.89. The Kier molecular flexibility index (Phi) is 3.54. The summed E-state index contributed by atoms with van der Waals surface area (Å²) in [6.07, 6.45) is -1.93. The molecule has 0 atom stereocenters. The molecule has 0 saturated carbocycles. The van der Waals surface area contributed by atoms with Crippen LogP contribution in [0.2, 0.25) is 0 Å². The van der Waals surface area contributed by atoms with Crippen LogP contribution in [-0.4, -0.2) is 39.3 Å². The minimum Gasteiger partial charge on any atom is -0.384 e. The van der Waals surface area contributed by atoms with E-state index in [1.54, 1.807) is 12.1 Å². The summed E-state index contributed by atoms with van der Waals surface area (Å²) >= 11 is 0. The first-order valence-corrected chi connectivity index (χ1v) is 6.96. The summed E-state index contributed by atoms with van der Waals surface area (Å²) in [6.45, 7) is -0.0244. The molecule has 7 heteroatoms. The number of benzene rings is 1. The molecule has 0 bridgehead atoms. The van der Waals surface area contributed by atoms with Crippen molar-refractivity contribution >= 4 is 15.7 Å². The first-order chi connectivity index (χ1) is 8.41. The Morgan fingerprint density at radius 3 is 2.83 bits per heavy atom. The van der Waals surface area contributed by atoms with Crippen LogP contribution >= 0.6 is 0 Å². The molecule has 0 amide bonds. The van der Waals surface area contributed by atoms with Crippen LogP contribution in [0.25, 0.3) is 0 Å². The van der Waals surface area contributed by atoms with Gasteiger partial charge in [0.1, 0.15) is 0 Å². The highest BCUT2D eigenvalue weighted by atomic mass is 32.2.